The second-order valence-electron chi connectivity index (χ2n) is 18.0. The van der Waals surface area contributed by atoms with Crippen LogP contribution >= 0.6 is 0 Å². The average Bonchev–Trinajstić information content (AvgIpc) is 4.10. The van der Waals surface area contributed by atoms with Crippen LogP contribution in [0.5, 0.6) is 5.88 Å². The van der Waals surface area contributed by atoms with Crippen LogP contribution in [0.15, 0.2) is 66.7 Å². The second kappa shape index (κ2) is 18.0. The maximum atomic E-state index is 14.9. The fourth-order valence-electron chi connectivity index (χ4n) is 9.62. The van der Waals surface area contributed by atoms with Gasteiger partial charge in [0, 0.05) is 48.1 Å². The van der Waals surface area contributed by atoms with Gasteiger partial charge >= 0.3 is 6.09 Å². The summed E-state index contributed by atoms with van der Waals surface area (Å²) in [7, 11) is -3.92. The van der Waals surface area contributed by atoms with E-state index in [0.29, 0.717) is 54.8 Å². The molecule has 3 N–H and O–H groups in total. The number of amides is 4. The number of hydrogen-bond acceptors (Lipinski definition) is 11. The van der Waals surface area contributed by atoms with Crippen molar-refractivity contribution < 1.29 is 37.1 Å². The van der Waals surface area contributed by atoms with Gasteiger partial charge in [0.25, 0.3) is 5.91 Å². The van der Waals surface area contributed by atoms with Crippen LogP contribution in [0.1, 0.15) is 97.3 Å². The molecule has 5 atom stereocenters. The molecule has 64 heavy (non-hydrogen) atoms. The fraction of sp³-hybridized carbons (Fsp3) is 0.532. The maximum absolute atomic E-state index is 14.9. The lowest BCUT2D eigenvalue weighted by atomic mass is 10.0. The first-order valence-electron chi connectivity index (χ1n) is 23.1. The van der Waals surface area contributed by atoms with Crippen LogP contribution in [0, 0.1) is 5.92 Å². The zero-order chi connectivity index (χ0) is 44.6. The highest BCUT2D eigenvalue weighted by atomic mass is 32.2. The number of fused-ring (bicyclic) bond motifs is 5. The van der Waals surface area contributed by atoms with E-state index >= 15 is 0 Å². The molecule has 16 nitrogen and oxygen atoms in total. The number of rotatable bonds is 11. The molecule has 1 saturated heterocycles. The van der Waals surface area contributed by atoms with Crippen molar-refractivity contribution in [2.75, 3.05) is 24.5 Å². The Labute approximate surface area is 373 Å². The maximum Gasteiger partial charge on any atom is 0.408 e. The minimum absolute atomic E-state index is 0.0239. The molecule has 0 bridgehead atoms. The van der Waals surface area contributed by atoms with Crippen LogP contribution in [-0.2, 0) is 29.1 Å². The monoisotopic (exact) mass is 894 g/mol. The Kier molecular flexibility index (Phi) is 12.3. The number of aromatic nitrogens is 3. The molecule has 5 aliphatic rings. The van der Waals surface area contributed by atoms with Crippen LogP contribution in [-0.4, -0.2) is 106 Å². The van der Waals surface area contributed by atoms with Crippen LogP contribution in [0.2, 0.25) is 0 Å². The summed E-state index contributed by atoms with van der Waals surface area (Å²) in [6, 6.07) is 15.5. The summed E-state index contributed by atoms with van der Waals surface area (Å²) >= 11 is 0. The predicted molar refractivity (Wildman–Crippen MR) is 241 cm³/mol. The Morgan fingerprint density at radius 2 is 1.69 bits per heavy atom. The molecule has 4 heterocycles. The third-order valence-electron chi connectivity index (χ3n) is 13.5. The standard InChI is InChI=1S/C47H58N8O8S/c1-3-53(4-2)32-22-20-30(21-23-32)39-27-41(55-42(48-39)36-17-12-13-18-37(36)51-55)62-34-26-40-43(56)50-47(45(58)52-64(60,61)35-24-25-35)28-31(47)14-8-6-5-7-9-19-38(44(57)54(40)29-34)49-46(59)63-33-15-10-11-16-33/h8,12-14,17-18,20-23,27,31,33-35,38,40H,3-7,9-11,15-16,19,24-26,28-29H2,1-2H3,(H,49,59)(H,50,56)(H,52,58)/b14-8-/t31-,34-,38+,40+,47-/m1/s1. The zero-order valence-electron chi connectivity index (χ0n) is 36.5. The molecule has 9 rings (SSSR count). The number of carbonyl (C=O) groups is 4. The Balaban J connectivity index is 1.05. The first kappa shape index (κ1) is 43.5. The summed E-state index contributed by atoms with van der Waals surface area (Å²) in [5.74, 6) is -1.95. The normalized spacial score (nSPS) is 26.0. The minimum atomic E-state index is -3.92. The summed E-state index contributed by atoms with van der Waals surface area (Å²) in [6.07, 6.45) is 10.1. The molecule has 4 fully saturated rings. The topological polar surface area (TPSA) is 194 Å². The second-order valence-corrected chi connectivity index (χ2v) is 19.9. The van der Waals surface area contributed by atoms with Crippen LogP contribution in [0.3, 0.4) is 0 Å². The molecule has 2 aliphatic heterocycles. The van der Waals surface area contributed by atoms with E-state index in [-0.39, 0.29) is 25.5 Å². The summed E-state index contributed by atoms with van der Waals surface area (Å²) in [5.41, 5.74) is 2.36. The number of anilines is 1. The number of alkyl carbamates (subject to hydrolysis) is 1. The number of carbonyl (C=O) groups excluding carboxylic acids is 4. The van der Waals surface area contributed by atoms with E-state index in [1.165, 1.54) is 4.90 Å². The Bertz CT molecular complexity index is 2550. The predicted octanol–water partition coefficient (Wildman–Crippen LogP) is 5.79. The Morgan fingerprint density at radius 3 is 2.44 bits per heavy atom. The van der Waals surface area contributed by atoms with Crippen molar-refractivity contribution in [2.45, 2.75) is 132 Å². The smallest absolute Gasteiger partial charge is 0.408 e. The van der Waals surface area contributed by atoms with Crippen LogP contribution in [0.25, 0.3) is 27.8 Å². The van der Waals surface area contributed by atoms with Gasteiger partial charge in [-0.15, -0.1) is 0 Å². The van der Waals surface area contributed by atoms with Crippen molar-refractivity contribution in [3.63, 3.8) is 0 Å². The van der Waals surface area contributed by atoms with Crippen LogP contribution < -0.4 is 25.0 Å². The largest absolute Gasteiger partial charge is 0.472 e. The van der Waals surface area contributed by atoms with Crippen molar-refractivity contribution in [2.24, 2.45) is 5.92 Å². The summed E-state index contributed by atoms with van der Waals surface area (Å²) in [6.45, 7) is 5.95. The SMILES string of the molecule is CCN(CC)c1ccc(-c2cc(O[C@@H]3C[C@H]4C(=O)N[C@]5(C(=O)NS(=O)(=O)C6CC6)C[C@H]5/C=C\CCCCC[C@H](NC(=O)OC5CCCC5)C(=O)N4C3)n3nc4ccccc4c3n2)cc1. The summed E-state index contributed by atoms with van der Waals surface area (Å²) < 4.78 is 42.5. The number of ether oxygens (including phenoxy) is 2. The first-order chi connectivity index (χ1) is 31.0. The highest BCUT2D eigenvalue weighted by molar-refractivity contribution is 7.91. The van der Waals surface area contributed by atoms with E-state index in [1.54, 1.807) is 4.52 Å². The lowest BCUT2D eigenvalue weighted by Crippen LogP contribution is -2.58. The van der Waals surface area contributed by atoms with Gasteiger partial charge < -0.3 is 29.9 Å². The third kappa shape index (κ3) is 9.00. The molecule has 3 aliphatic carbocycles. The fourth-order valence-corrected chi connectivity index (χ4v) is 11.0. The lowest BCUT2D eigenvalue weighted by Gasteiger charge is -2.30. The molecule has 340 valence electrons. The molecule has 4 amide bonds. The summed E-state index contributed by atoms with van der Waals surface area (Å²) in [5, 5.41) is 10.8. The van der Waals surface area contributed by atoms with Crippen molar-refractivity contribution >= 4 is 56.1 Å². The molecule has 2 aromatic carbocycles. The first-order valence-corrected chi connectivity index (χ1v) is 24.6. The van der Waals surface area contributed by atoms with E-state index < -0.39 is 68.7 Å². The van der Waals surface area contributed by atoms with Gasteiger partial charge in [0.05, 0.1) is 23.0 Å². The highest BCUT2D eigenvalue weighted by Crippen LogP contribution is 2.46. The van der Waals surface area contributed by atoms with Gasteiger partial charge in [-0.3, -0.25) is 19.1 Å². The van der Waals surface area contributed by atoms with Crippen molar-refractivity contribution in [3.8, 4) is 17.1 Å². The molecule has 17 heteroatoms. The van der Waals surface area contributed by atoms with Crippen molar-refractivity contribution in [1.29, 1.82) is 0 Å². The Hall–Kier alpha value is -5.71. The van der Waals surface area contributed by atoms with E-state index in [0.717, 1.165) is 68.3 Å². The highest BCUT2D eigenvalue weighted by Gasteiger charge is 2.62. The summed E-state index contributed by atoms with van der Waals surface area (Å²) in [4.78, 5) is 65.6. The molecule has 0 spiro atoms. The van der Waals surface area contributed by atoms with Gasteiger partial charge in [0.15, 0.2) is 5.65 Å². The third-order valence-corrected chi connectivity index (χ3v) is 15.4. The molecular weight excluding hydrogens is 837 g/mol. The van der Waals surface area contributed by atoms with Crippen molar-refractivity contribution in [3.05, 3.63) is 66.7 Å². The molecular formula is C47H58N8O8S. The van der Waals surface area contributed by atoms with Gasteiger partial charge in [-0.2, -0.15) is 9.61 Å². The van der Waals surface area contributed by atoms with Crippen molar-refractivity contribution in [1.82, 2.24) is 34.9 Å². The molecule has 0 radical (unpaired) electrons. The lowest BCUT2D eigenvalue weighted by molar-refractivity contribution is -0.141. The zero-order valence-corrected chi connectivity index (χ0v) is 37.4. The van der Waals surface area contributed by atoms with E-state index in [4.69, 9.17) is 19.6 Å². The van der Waals surface area contributed by atoms with E-state index in [1.807, 2.05) is 54.6 Å². The van der Waals surface area contributed by atoms with Gasteiger partial charge in [0.2, 0.25) is 27.7 Å². The van der Waals surface area contributed by atoms with Crippen LogP contribution in [0.4, 0.5) is 10.5 Å². The molecule has 4 aromatic rings. The number of allylic oxidation sites excluding steroid dienone is 1. The number of nitrogens with zero attached hydrogens (tertiary/aromatic N) is 5. The Morgan fingerprint density at radius 1 is 0.938 bits per heavy atom. The van der Waals surface area contributed by atoms with Gasteiger partial charge in [-0.25, -0.2) is 18.2 Å². The number of sulfonamides is 1. The van der Waals surface area contributed by atoms with Gasteiger partial charge in [-0.1, -0.05) is 49.3 Å². The van der Waals surface area contributed by atoms with Gasteiger partial charge in [-0.05, 0) is 102 Å². The minimum Gasteiger partial charge on any atom is -0.472 e. The van der Waals surface area contributed by atoms with E-state index in [2.05, 4.69) is 46.2 Å². The molecule has 2 aromatic heterocycles. The molecule has 0 unspecified atom stereocenters. The van der Waals surface area contributed by atoms with E-state index in [9.17, 15) is 27.6 Å². The average molecular weight is 895 g/mol. The number of benzene rings is 2. The number of nitrogens with one attached hydrogen (secondary N) is 3. The molecule has 3 saturated carbocycles. The number of hydrogen-bond donors (Lipinski definition) is 3. The quantitative estimate of drug-likeness (QED) is 0.155. The van der Waals surface area contributed by atoms with Gasteiger partial charge in [0.1, 0.15) is 29.8 Å².